The van der Waals surface area contributed by atoms with Gasteiger partial charge in [-0.15, -0.1) is 0 Å². The van der Waals surface area contributed by atoms with Crippen molar-refractivity contribution < 1.29 is 56.8 Å². The number of ether oxygens (including phenoxy) is 12. The zero-order chi connectivity index (χ0) is 59.4. The lowest BCUT2D eigenvalue weighted by molar-refractivity contribution is 0.0898. The van der Waals surface area contributed by atoms with Gasteiger partial charge in [-0.25, -0.2) is 39.9 Å². The maximum absolute atomic E-state index is 5.90. The minimum absolute atomic E-state index is 0.176. The number of likely N-dealkylation sites (N-methyl/N-ethyl adjacent to an activating group) is 1. The van der Waals surface area contributed by atoms with E-state index in [9.17, 15) is 0 Å². The van der Waals surface area contributed by atoms with E-state index in [0.29, 0.717) is 82.8 Å². The van der Waals surface area contributed by atoms with Crippen molar-refractivity contribution in [1.82, 2.24) is 39.9 Å². The van der Waals surface area contributed by atoms with Crippen LogP contribution in [-0.2, 0) is 18.9 Å². The maximum atomic E-state index is 5.90. The largest absolute Gasteiger partial charge is 0.493 e. The van der Waals surface area contributed by atoms with Gasteiger partial charge in [0.1, 0.15) is 70.6 Å². The van der Waals surface area contributed by atoms with Crippen molar-refractivity contribution >= 4 is 66.9 Å². The van der Waals surface area contributed by atoms with Crippen molar-refractivity contribution in [2.45, 2.75) is 81.8 Å². The SMILES string of the molecule is COc1ccc2c(N(C)C3CCOC3)ncnc2c1OC.COc1ccc2c(NC3CCOC3)ncnc2c1OC.COc1ccc2c(NC3CCOC3C)ncnc2c1OC.COc1ccc2c(N[C@@H]3CCO[C@H]3C3CC3)ncnc2c1OC. The smallest absolute Gasteiger partial charge is 0.187 e. The van der Waals surface area contributed by atoms with Gasteiger partial charge >= 0.3 is 0 Å². The van der Waals surface area contributed by atoms with E-state index in [1.807, 2.05) is 55.6 Å². The van der Waals surface area contributed by atoms with Crippen molar-refractivity contribution in [1.29, 1.82) is 0 Å². The Morgan fingerprint density at radius 3 is 1.27 bits per heavy atom. The van der Waals surface area contributed by atoms with E-state index in [1.165, 1.54) is 25.5 Å². The van der Waals surface area contributed by atoms with Gasteiger partial charge < -0.3 is 77.7 Å². The number of fused-ring (bicyclic) bond motifs is 4. The second kappa shape index (κ2) is 28.0. The van der Waals surface area contributed by atoms with Crippen LogP contribution < -0.4 is 58.7 Å². The summed E-state index contributed by atoms with van der Waals surface area (Å²) in [6, 6.07) is 16.5. The fourth-order valence-electron chi connectivity index (χ4n) is 11.2. The molecule has 24 nitrogen and oxygen atoms in total. The third-order valence-electron chi connectivity index (χ3n) is 15.9. The molecule has 5 aliphatic rings. The molecule has 0 bridgehead atoms. The van der Waals surface area contributed by atoms with Gasteiger partial charge in [0, 0.05) is 55.0 Å². The summed E-state index contributed by atoms with van der Waals surface area (Å²) < 4.78 is 65.4. The first-order valence-corrected chi connectivity index (χ1v) is 28.5. The van der Waals surface area contributed by atoms with E-state index in [0.717, 1.165) is 126 Å². The summed E-state index contributed by atoms with van der Waals surface area (Å²) >= 11 is 0. The monoisotopic (exact) mass is 1170 g/mol. The summed E-state index contributed by atoms with van der Waals surface area (Å²) in [5.74, 6) is 9.19. The molecule has 24 heteroatoms. The molecule has 3 N–H and O–H groups in total. The lowest BCUT2D eigenvalue weighted by atomic mass is 10.1. The highest BCUT2D eigenvalue weighted by Crippen LogP contribution is 2.43. The zero-order valence-electron chi connectivity index (χ0n) is 49.9. The fraction of sp³-hybridized carbons (Fsp3) is 0.475. The minimum Gasteiger partial charge on any atom is -0.493 e. The summed E-state index contributed by atoms with van der Waals surface area (Å²) in [5.41, 5.74) is 2.99. The van der Waals surface area contributed by atoms with Gasteiger partial charge in [-0.2, -0.15) is 0 Å². The molecule has 4 aromatic heterocycles. The number of hydrogen-bond acceptors (Lipinski definition) is 24. The molecule has 5 fully saturated rings. The molecule has 8 aromatic rings. The normalized spacial score (nSPS) is 20.5. The number of rotatable bonds is 17. The highest BCUT2D eigenvalue weighted by atomic mass is 16.5. The van der Waals surface area contributed by atoms with Gasteiger partial charge in [-0.3, -0.25) is 0 Å². The van der Waals surface area contributed by atoms with Gasteiger partial charge in [-0.1, -0.05) is 0 Å². The summed E-state index contributed by atoms with van der Waals surface area (Å²) in [4.78, 5) is 37.1. The number of benzene rings is 4. The quantitative estimate of drug-likeness (QED) is 0.0771. The number of nitrogens with one attached hydrogen (secondary N) is 3. The molecule has 452 valence electrons. The Morgan fingerprint density at radius 1 is 0.424 bits per heavy atom. The molecule has 0 amide bonds. The minimum atomic E-state index is 0.176. The molecule has 1 saturated carbocycles. The van der Waals surface area contributed by atoms with Crippen LogP contribution in [0.5, 0.6) is 46.0 Å². The summed E-state index contributed by atoms with van der Waals surface area (Å²) in [6.45, 7) is 6.69. The zero-order valence-corrected chi connectivity index (χ0v) is 49.9. The van der Waals surface area contributed by atoms with E-state index in [-0.39, 0.29) is 12.1 Å². The van der Waals surface area contributed by atoms with Crippen molar-refractivity contribution in [3.05, 3.63) is 73.8 Å². The van der Waals surface area contributed by atoms with Crippen molar-refractivity contribution in [3.8, 4) is 46.0 Å². The molecule has 4 saturated heterocycles. The molecule has 4 unspecified atom stereocenters. The lowest BCUT2D eigenvalue weighted by Gasteiger charge is -2.25. The Hall–Kier alpha value is -8.32. The Balaban J connectivity index is 0.000000126. The maximum Gasteiger partial charge on any atom is 0.187 e. The van der Waals surface area contributed by atoms with Crippen molar-refractivity contribution in [3.63, 3.8) is 0 Å². The van der Waals surface area contributed by atoms with E-state index < -0.39 is 0 Å². The third kappa shape index (κ3) is 13.2. The summed E-state index contributed by atoms with van der Waals surface area (Å²) in [6.07, 6.45) is 13.2. The van der Waals surface area contributed by atoms with Crippen LogP contribution in [-0.4, -0.2) is 180 Å². The van der Waals surface area contributed by atoms with Crippen LogP contribution in [0.3, 0.4) is 0 Å². The highest BCUT2D eigenvalue weighted by Gasteiger charge is 2.41. The first kappa shape index (κ1) is 59.8. The molecule has 8 heterocycles. The number of hydrogen-bond donors (Lipinski definition) is 3. The molecule has 0 spiro atoms. The Labute approximate surface area is 493 Å². The Kier molecular flexibility index (Phi) is 19.7. The standard InChI is InChI=1S/C17H21N3O3.2C15H19N3O3.C14H17N3O3/c1-21-13-6-5-11-14(16(13)22-2)18-9-19-17(11)20-12-7-8-23-15(12)10-3-4-10;1-18(10-6-7-21-8-10)15-11-4-5-12(19-2)14(20-3)13(11)16-9-17-15;1-9-11(6-7-21-9)18-15-10-4-5-12(19-2)14(20-3)13(10)16-8-17-15;1-18-11-4-3-10-12(13(11)19-2)15-8-16-14(10)17-9-5-6-20-7-9/h5-6,9-10,12,15H,3-4,7-8H2,1-2H3,(H,18,19,20);4-5,9-10H,6-8H2,1-3H3;4-5,8-9,11H,6-7H2,1-3H3,(H,16,17,18);3-4,8-9H,5-7H2,1-2H3,(H,15,16,17)/t12-,15+;;;/m1.../s1. The number of methoxy groups -OCH3 is 8. The molecule has 85 heavy (non-hydrogen) atoms. The van der Waals surface area contributed by atoms with Crippen LogP contribution in [0.2, 0.25) is 0 Å². The predicted octanol–water partition coefficient (Wildman–Crippen LogP) is 8.58. The molecule has 1 aliphatic carbocycles. The molecule has 4 aromatic carbocycles. The van der Waals surface area contributed by atoms with Crippen LogP contribution >= 0.6 is 0 Å². The first-order valence-electron chi connectivity index (χ1n) is 28.5. The van der Waals surface area contributed by atoms with E-state index in [4.69, 9.17) is 56.8 Å². The van der Waals surface area contributed by atoms with Crippen molar-refractivity contribution in [2.75, 3.05) is 124 Å². The van der Waals surface area contributed by atoms with Crippen LogP contribution in [0.25, 0.3) is 43.6 Å². The number of anilines is 4. The molecule has 0 radical (unpaired) electrons. The number of nitrogens with zero attached hydrogens (tertiary/aromatic N) is 9. The van der Waals surface area contributed by atoms with Gasteiger partial charge in [0.15, 0.2) is 46.0 Å². The van der Waals surface area contributed by atoms with E-state index in [2.05, 4.69) is 67.6 Å². The van der Waals surface area contributed by atoms with Gasteiger partial charge in [-0.05, 0) is 99.9 Å². The topological polar surface area (TPSA) is 253 Å². The molecule has 4 aliphatic heterocycles. The highest BCUT2D eigenvalue weighted by molar-refractivity contribution is 5.97. The van der Waals surface area contributed by atoms with E-state index >= 15 is 0 Å². The van der Waals surface area contributed by atoms with Crippen LogP contribution in [0.4, 0.5) is 23.3 Å². The summed E-state index contributed by atoms with van der Waals surface area (Å²) in [7, 11) is 15.0. The second-order valence-corrected chi connectivity index (χ2v) is 20.8. The second-order valence-electron chi connectivity index (χ2n) is 20.8. The van der Waals surface area contributed by atoms with E-state index in [1.54, 1.807) is 69.5 Å². The first-order chi connectivity index (χ1) is 41.6. The molecule has 13 rings (SSSR count). The Morgan fingerprint density at radius 2 is 0.847 bits per heavy atom. The predicted molar refractivity (Wildman–Crippen MR) is 323 cm³/mol. The lowest BCUT2D eigenvalue weighted by Crippen LogP contribution is -2.32. The van der Waals surface area contributed by atoms with Crippen LogP contribution in [0.15, 0.2) is 73.8 Å². The van der Waals surface area contributed by atoms with Crippen LogP contribution in [0, 0.1) is 5.92 Å². The van der Waals surface area contributed by atoms with Crippen molar-refractivity contribution in [2.24, 2.45) is 5.92 Å². The number of aromatic nitrogens is 8. The van der Waals surface area contributed by atoms with Gasteiger partial charge in [0.2, 0.25) is 0 Å². The summed E-state index contributed by atoms with van der Waals surface area (Å²) in [5, 5.41) is 14.1. The molecular weight excluding hydrogens is 1090 g/mol. The van der Waals surface area contributed by atoms with Gasteiger partial charge in [0.05, 0.1) is 106 Å². The van der Waals surface area contributed by atoms with Crippen LogP contribution in [0.1, 0.15) is 45.4 Å². The molecule has 6 atom stereocenters. The average molecular weight is 1170 g/mol. The third-order valence-corrected chi connectivity index (χ3v) is 15.9. The molecular formula is C61H76N12O12. The average Bonchev–Trinajstić information content (AvgIpc) is 3.31. The Bertz CT molecular complexity index is 3540. The van der Waals surface area contributed by atoms with Gasteiger partial charge in [0.25, 0.3) is 0 Å². The fourth-order valence-corrected chi connectivity index (χ4v) is 11.2.